The zero-order chi connectivity index (χ0) is 14.2. The second-order valence-corrected chi connectivity index (χ2v) is 5.91. The van der Waals surface area contributed by atoms with Crippen LogP contribution in [0.15, 0.2) is 35.3 Å². The maximum Gasteiger partial charge on any atom is 0.281 e. The monoisotopic (exact) mass is 281 g/mol. The highest BCUT2D eigenvalue weighted by molar-refractivity contribution is 5.81. The van der Waals surface area contributed by atoms with E-state index in [-0.39, 0.29) is 5.56 Å². The van der Waals surface area contributed by atoms with E-state index in [4.69, 9.17) is 0 Å². The maximum atomic E-state index is 12.2. The molecule has 4 heteroatoms. The molecular formula is C17H19N3O. The highest BCUT2D eigenvalue weighted by Gasteiger charge is 2.21. The molecule has 1 fully saturated rings. The van der Waals surface area contributed by atoms with E-state index in [2.05, 4.69) is 20.7 Å². The molecule has 1 aromatic carbocycles. The smallest absolute Gasteiger partial charge is 0.281 e. The zero-order valence-corrected chi connectivity index (χ0v) is 12.1. The van der Waals surface area contributed by atoms with E-state index in [0.29, 0.717) is 0 Å². The minimum absolute atomic E-state index is 0.108. The van der Waals surface area contributed by atoms with E-state index < -0.39 is 0 Å². The summed E-state index contributed by atoms with van der Waals surface area (Å²) in [6, 6.07) is 7.77. The second kappa shape index (κ2) is 5.02. The Hall–Kier alpha value is -2.10. The minimum atomic E-state index is -0.108. The number of allylic oxidation sites excluding steroid dienone is 1. The molecule has 0 atom stereocenters. The molecule has 1 saturated heterocycles. The lowest BCUT2D eigenvalue weighted by Gasteiger charge is -2.25. The van der Waals surface area contributed by atoms with Crippen LogP contribution in [0, 0.1) is 0 Å². The van der Waals surface area contributed by atoms with Gasteiger partial charge in [0.1, 0.15) is 5.82 Å². The number of hydrogen-bond donors (Lipinski definition) is 0. The average molecular weight is 281 g/mol. The number of nitrogens with zero attached hydrogens (tertiary/aromatic N) is 3. The summed E-state index contributed by atoms with van der Waals surface area (Å²) in [5.74, 6) is 0.865. The van der Waals surface area contributed by atoms with Crippen LogP contribution >= 0.6 is 0 Å². The quantitative estimate of drug-likeness (QED) is 0.806. The third-order valence-electron chi connectivity index (χ3n) is 4.51. The predicted molar refractivity (Wildman–Crippen MR) is 84.0 cm³/mol. The molecule has 0 spiro atoms. The topological polar surface area (TPSA) is 38.1 Å². The molecule has 2 aliphatic rings. The van der Waals surface area contributed by atoms with Crippen molar-refractivity contribution in [3.05, 3.63) is 46.6 Å². The Morgan fingerprint density at radius 2 is 1.86 bits per heavy atom. The lowest BCUT2D eigenvalue weighted by Crippen LogP contribution is -2.24. The molecule has 0 amide bonds. The molecule has 2 aliphatic heterocycles. The van der Waals surface area contributed by atoms with E-state index in [0.717, 1.165) is 42.8 Å². The molecule has 21 heavy (non-hydrogen) atoms. The van der Waals surface area contributed by atoms with Crippen molar-refractivity contribution >= 4 is 16.5 Å². The Morgan fingerprint density at radius 1 is 1.05 bits per heavy atom. The van der Waals surface area contributed by atoms with Crippen LogP contribution in [0.5, 0.6) is 0 Å². The van der Waals surface area contributed by atoms with Crippen LogP contribution in [0.3, 0.4) is 0 Å². The van der Waals surface area contributed by atoms with Gasteiger partial charge in [-0.3, -0.25) is 4.79 Å². The fraction of sp³-hybridized carbons (Fsp3) is 0.412. The number of piperidine rings is 1. The van der Waals surface area contributed by atoms with E-state index in [1.54, 1.807) is 0 Å². The number of rotatable bonds is 1. The summed E-state index contributed by atoms with van der Waals surface area (Å²) in [7, 11) is 0. The molecule has 0 bridgehead atoms. The summed E-state index contributed by atoms with van der Waals surface area (Å²) in [4.78, 5) is 18.9. The first-order valence-corrected chi connectivity index (χ1v) is 7.78. The molecule has 1 aromatic heterocycles. The fourth-order valence-electron chi connectivity index (χ4n) is 3.43. The highest BCUT2D eigenvalue weighted by atomic mass is 16.1. The largest absolute Gasteiger partial charge is 0.377 e. The van der Waals surface area contributed by atoms with Crippen molar-refractivity contribution in [1.82, 2.24) is 14.5 Å². The maximum absolute atomic E-state index is 12.2. The molecule has 0 saturated carbocycles. The van der Waals surface area contributed by atoms with Crippen LogP contribution in [0.25, 0.3) is 16.5 Å². The van der Waals surface area contributed by atoms with E-state index in [1.807, 2.05) is 24.3 Å². The lowest BCUT2D eigenvalue weighted by atomic mass is 10.1. The SMILES string of the molecule is O=c1nc2n(c3ccccc13)CC/C2=C\N1CCCCC1. The van der Waals surface area contributed by atoms with Gasteiger partial charge in [-0.15, -0.1) is 0 Å². The number of benzene rings is 1. The standard InChI is InChI=1S/C17H19N3O/c21-17-14-6-2-3-7-15(14)20-11-8-13(16(20)18-17)12-19-9-4-1-5-10-19/h2-3,6-7,12H,1,4-5,8-11H2/b13-12+. The van der Waals surface area contributed by atoms with Gasteiger partial charge in [-0.05, 0) is 37.8 Å². The molecule has 108 valence electrons. The third-order valence-corrected chi connectivity index (χ3v) is 4.51. The van der Waals surface area contributed by atoms with Gasteiger partial charge in [0.15, 0.2) is 0 Å². The van der Waals surface area contributed by atoms with Gasteiger partial charge in [0.05, 0.1) is 10.9 Å². The van der Waals surface area contributed by atoms with Crippen LogP contribution in [-0.4, -0.2) is 27.5 Å². The van der Waals surface area contributed by atoms with E-state index >= 15 is 0 Å². The number of fused-ring (bicyclic) bond motifs is 3. The van der Waals surface area contributed by atoms with Crippen molar-refractivity contribution in [3.8, 4) is 0 Å². The Morgan fingerprint density at radius 3 is 2.71 bits per heavy atom. The Labute approximate surface area is 123 Å². The third kappa shape index (κ3) is 2.15. The Kier molecular flexibility index (Phi) is 3.02. The zero-order valence-electron chi connectivity index (χ0n) is 12.1. The lowest BCUT2D eigenvalue weighted by molar-refractivity contribution is 0.310. The molecular weight excluding hydrogens is 262 g/mol. The van der Waals surface area contributed by atoms with Gasteiger partial charge in [-0.25, -0.2) is 0 Å². The van der Waals surface area contributed by atoms with Gasteiger partial charge in [-0.2, -0.15) is 4.98 Å². The first-order valence-electron chi connectivity index (χ1n) is 7.78. The van der Waals surface area contributed by atoms with Gasteiger partial charge in [0.2, 0.25) is 0 Å². The first kappa shape index (κ1) is 12.6. The molecule has 4 rings (SSSR count). The Bertz CT molecular complexity index is 769. The van der Waals surface area contributed by atoms with Crippen LogP contribution < -0.4 is 5.56 Å². The molecule has 2 aromatic rings. The number of aromatic nitrogens is 2. The van der Waals surface area contributed by atoms with Crippen molar-refractivity contribution in [3.63, 3.8) is 0 Å². The van der Waals surface area contributed by atoms with Gasteiger partial charge in [-0.1, -0.05) is 12.1 Å². The van der Waals surface area contributed by atoms with Gasteiger partial charge in [0, 0.05) is 31.4 Å². The molecule has 0 aliphatic carbocycles. The predicted octanol–water partition coefficient (Wildman–Crippen LogP) is 2.63. The number of aryl methyl sites for hydroxylation is 1. The molecule has 3 heterocycles. The van der Waals surface area contributed by atoms with Crippen molar-refractivity contribution in [2.75, 3.05) is 13.1 Å². The summed E-state index contributed by atoms with van der Waals surface area (Å²) < 4.78 is 2.19. The van der Waals surface area contributed by atoms with Gasteiger partial charge >= 0.3 is 0 Å². The highest BCUT2D eigenvalue weighted by Crippen LogP contribution is 2.28. The summed E-state index contributed by atoms with van der Waals surface area (Å²) >= 11 is 0. The number of hydrogen-bond acceptors (Lipinski definition) is 3. The van der Waals surface area contributed by atoms with Gasteiger partial charge in [0.25, 0.3) is 5.56 Å². The van der Waals surface area contributed by atoms with Crippen molar-refractivity contribution < 1.29 is 0 Å². The fourth-order valence-corrected chi connectivity index (χ4v) is 3.43. The summed E-state index contributed by atoms with van der Waals surface area (Å²) in [5, 5.41) is 0.723. The molecule has 0 unspecified atom stereocenters. The average Bonchev–Trinajstić information content (AvgIpc) is 2.92. The normalized spacial score (nSPS) is 20.2. The van der Waals surface area contributed by atoms with Crippen LogP contribution in [0.2, 0.25) is 0 Å². The Balaban J connectivity index is 1.81. The number of likely N-dealkylation sites (tertiary alicyclic amines) is 1. The molecule has 0 radical (unpaired) electrons. The van der Waals surface area contributed by atoms with Gasteiger partial charge < -0.3 is 9.47 Å². The summed E-state index contributed by atoms with van der Waals surface area (Å²) in [5.41, 5.74) is 2.11. The first-order chi connectivity index (χ1) is 10.3. The van der Waals surface area contributed by atoms with Crippen molar-refractivity contribution in [2.24, 2.45) is 0 Å². The van der Waals surface area contributed by atoms with E-state index in [9.17, 15) is 4.79 Å². The van der Waals surface area contributed by atoms with Crippen LogP contribution in [0.4, 0.5) is 0 Å². The van der Waals surface area contributed by atoms with E-state index in [1.165, 1.54) is 24.8 Å². The second-order valence-electron chi connectivity index (χ2n) is 5.91. The van der Waals surface area contributed by atoms with Crippen molar-refractivity contribution in [2.45, 2.75) is 32.2 Å². The molecule has 4 nitrogen and oxygen atoms in total. The summed E-state index contributed by atoms with van der Waals surface area (Å²) in [6.07, 6.45) is 7.07. The molecule has 0 N–H and O–H groups in total. The van der Waals surface area contributed by atoms with Crippen LogP contribution in [-0.2, 0) is 6.54 Å². The minimum Gasteiger partial charge on any atom is -0.377 e. The van der Waals surface area contributed by atoms with Crippen molar-refractivity contribution in [1.29, 1.82) is 0 Å². The number of para-hydroxylation sites is 1. The summed E-state index contributed by atoms with van der Waals surface area (Å²) in [6.45, 7) is 3.17. The van der Waals surface area contributed by atoms with Crippen LogP contribution in [0.1, 0.15) is 31.5 Å².